The molecule has 0 saturated carbocycles. The Kier molecular flexibility index (Phi) is 1.75. The molecule has 4 nitrogen and oxygen atoms in total. The Morgan fingerprint density at radius 2 is 1.86 bits per heavy atom. The molecule has 1 rings (SSSR count). The van der Waals surface area contributed by atoms with E-state index in [2.05, 4.69) is 10.3 Å². The van der Waals surface area contributed by atoms with E-state index in [1.54, 1.807) is 4.83 Å². The maximum absolute atomic E-state index is 5.34. The topological polar surface area (TPSA) is 53.3 Å². The number of nitrogens with two attached hydrogens (primary N) is 1. The smallest absolute Gasteiger partial charge is 0.281 e. The van der Waals surface area contributed by atoms with Gasteiger partial charge in [0.05, 0.1) is 0 Å². The first-order valence-electron chi connectivity index (χ1n) is 2.30. The van der Waals surface area contributed by atoms with Gasteiger partial charge in [0.25, 0.3) is 22.6 Å². The lowest BCUT2D eigenvalue weighted by Gasteiger charge is -2.19. The van der Waals surface area contributed by atoms with Crippen LogP contribution in [0, 0.1) is 0 Å². The van der Waals surface area contributed by atoms with Gasteiger partial charge in [-0.1, -0.05) is 0 Å². The standard InChI is InChI=1S/B3H7N4/c4-7-2-5-1-6-3-7/h1-3,5-6H,4H2. The van der Waals surface area contributed by atoms with E-state index < -0.39 is 0 Å². The summed E-state index contributed by atoms with van der Waals surface area (Å²) in [6.07, 6.45) is 0. The fraction of sp³-hybridized carbons (Fsp3) is 0. The first kappa shape index (κ1) is 5.18. The summed E-state index contributed by atoms with van der Waals surface area (Å²) in [5.41, 5.74) is 0. The van der Waals surface area contributed by atoms with Crippen molar-refractivity contribution in [2.45, 2.75) is 0 Å². The third-order valence-corrected chi connectivity index (χ3v) is 0.880. The Hall–Kier alpha value is 0.0348. The molecule has 4 N–H and O–H groups in total. The largest absolute Gasteiger partial charge is 0.377 e. The molecule has 1 aliphatic heterocycles. The first-order valence-corrected chi connectivity index (χ1v) is 2.30. The minimum Gasteiger partial charge on any atom is -0.377 e. The van der Waals surface area contributed by atoms with Crippen LogP contribution in [0.2, 0.25) is 0 Å². The van der Waals surface area contributed by atoms with E-state index in [0.29, 0.717) is 0 Å². The summed E-state index contributed by atoms with van der Waals surface area (Å²) < 4.78 is 0. The zero-order chi connectivity index (χ0) is 5.11. The molecule has 0 aliphatic carbocycles. The molecule has 36 valence electrons. The van der Waals surface area contributed by atoms with E-state index in [0.717, 1.165) is 22.6 Å². The highest BCUT2D eigenvalue weighted by molar-refractivity contribution is 6.65. The van der Waals surface area contributed by atoms with Gasteiger partial charge in [0.2, 0.25) is 0 Å². The molecule has 0 aromatic carbocycles. The van der Waals surface area contributed by atoms with Crippen molar-refractivity contribution in [3.63, 3.8) is 0 Å². The Bertz CT molecular complexity index is 48.9. The van der Waals surface area contributed by atoms with Gasteiger partial charge in [0.15, 0.2) is 0 Å². The molecule has 1 heterocycles. The Morgan fingerprint density at radius 3 is 2.14 bits per heavy atom. The first-order chi connectivity index (χ1) is 3.39. The number of hydrogen-bond acceptors (Lipinski definition) is 4. The third kappa shape index (κ3) is 1.52. The molecule has 0 amide bonds. The lowest BCUT2D eigenvalue weighted by atomic mass is 9.84. The predicted molar refractivity (Wildman–Crippen MR) is 33.7 cm³/mol. The van der Waals surface area contributed by atoms with Gasteiger partial charge in [-0.3, -0.25) is 5.84 Å². The Labute approximate surface area is 44.6 Å². The molecule has 0 radical (unpaired) electrons. The summed E-state index contributed by atoms with van der Waals surface area (Å²) in [4.78, 5) is 1.67. The van der Waals surface area contributed by atoms with Crippen LogP contribution >= 0.6 is 0 Å². The number of nitrogens with one attached hydrogen (secondary N) is 2. The second-order valence-corrected chi connectivity index (χ2v) is 1.58. The molecule has 7 heteroatoms. The molecule has 0 atom stereocenters. The van der Waals surface area contributed by atoms with Crippen LogP contribution < -0.4 is 16.1 Å². The Morgan fingerprint density at radius 1 is 1.29 bits per heavy atom. The van der Waals surface area contributed by atoms with Crippen LogP contribution in [0.4, 0.5) is 0 Å². The normalized spacial score (nSPS) is 21.9. The van der Waals surface area contributed by atoms with Crippen molar-refractivity contribution in [1.29, 1.82) is 0 Å². The summed E-state index contributed by atoms with van der Waals surface area (Å²) in [5.74, 6) is 5.34. The SMILES string of the molecule is NN1BNBNB1. The average Bonchev–Trinajstić information content (AvgIpc) is 1.69. The minimum atomic E-state index is 0.785. The monoisotopic (exact) mass is 96.1 g/mol. The van der Waals surface area contributed by atoms with Crippen molar-refractivity contribution >= 4 is 22.6 Å². The van der Waals surface area contributed by atoms with Crippen molar-refractivity contribution < 1.29 is 0 Å². The van der Waals surface area contributed by atoms with Gasteiger partial charge in [-0.25, -0.2) is 0 Å². The van der Waals surface area contributed by atoms with E-state index in [1.807, 2.05) is 0 Å². The molecular formula is H7B3N4. The fourth-order valence-electron chi connectivity index (χ4n) is 0.543. The molecule has 0 unspecified atom stereocenters. The summed E-state index contributed by atoms with van der Waals surface area (Å²) in [6.45, 7) is 0. The van der Waals surface area contributed by atoms with Crippen molar-refractivity contribution in [2.75, 3.05) is 0 Å². The number of hydrogen-bond donors (Lipinski definition) is 3. The number of nitrogens with zero attached hydrogens (tertiary/aromatic N) is 1. The lowest BCUT2D eigenvalue weighted by Crippen LogP contribution is -2.60. The van der Waals surface area contributed by atoms with Gasteiger partial charge in [0, 0.05) is 0 Å². The lowest BCUT2D eigenvalue weighted by molar-refractivity contribution is 0.709. The molecule has 1 saturated heterocycles. The van der Waals surface area contributed by atoms with Crippen molar-refractivity contribution in [3.8, 4) is 0 Å². The molecular weight excluding hydrogens is 88.5 g/mol. The molecule has 0 bridgehead atoms. The molecule has 1 aliphatic rings. The van der Waals surface area contributed by atoms with Crippen LogP contribution in [0.3, 0.4) is 0 Å². The highest BCUT2D eigenvalue weighted by atomic mass is 15.3. The summed E-state index contributed by atoms with van der Waals surface area (Å²) in [7, 11) is 2.44. The zero-order valence-electron chi connectivity index (χ0n) is 4.15. The molecule has 1 fully saturated rings. The van der Waals surface area contributed by atoms with Crippen LogP contribution in [0.15, 0.2) is 0 Å². The molecule has 7 heavy (non-hydrogen) atoms. The van der Waals surface area contributed by atoms with Crippen LogP contribution in [-0.4, -0.2) is 27.5 Å². The maximum atomic E-state index is 5.34. The average molecular weight is 95.5 g/mol. The number of rotatable bonds is 0. The van der Waals surface area contributed by atoms with Gasteiger partial charge in [0.1, 0.15) is 0 Å². The fourth-order valence-corrected chi connectivity index (χ4v) is 0.543. The maximum Gasteiger partial charge on any atom is 0.281 e. The highest BCUT2D eigenvalue weighted by Gasteiger charge is 2.07. The van der Waals surface area contributed by atoms with E-state index in [4.69, 9.17) is 5.84 Å². The van der Waals surface area contributed by atoms with E-state index in [9.17, 15) is 0 Å². The summed E-state index contributed by atoms with van der Waals surface area (Å²) >= 11 is 0. The van der Waals surface area contributed by atoms with E-state index in [1.165, 1.54) is 0 Å². The number of hydrazine groups is 1. The van der Waals surface area contributed by atoms with Crippen molar-refractivity contribution in [3.05, 3.63) is 0 Å². The van der Waals surface area contributed by atoms with E-state index >= 15 is 0 Å². The van der Waals surface area contributed by atoms with Gasteiger partial charge in [-0.05, 0) is 0 Å². The summed E-state index contributed by atoms with van der Waals surface area (Å²) in [5, 5.41) is 6.05. The predicted octanol–water partition coefficient (Wildman–Crippen LogP) is -3.85. The van der Waals surface area contributed by atoms with Gasteiger partial charge >= 0.3 is 0 Å². The minimum absolute atomic E-state index is 0.785. The highest BCUT2D eigenvalue weighted by Crippen LogP contribution is 1.64. The zero-order valence-corrected chi connectivity index (χ0v) is 4.15. The summed E-state index contributed by atoms with van der Waals surface area (Å²) in [6, 6.07) is 0. The van der Waals surface area contributed by atoms with Crippen molar-refractivity contribution in [2.24, 2.45) is 5.84 Å². The second kappa shape index (κ2) is 2.37. The van der Waals surface area contributed by atoms with Gasteiger partial charge < -0.3 is 15.1 Å². The third-order valence-electron chi connectivity index (χ3n) is 0.880. The quantitative estimate of drug-likeness (QED) is 0.213. The Balaban J connectivity index is 2.12. The molecule has 0 aromatic heterocycles. The van der Waals surface area contributed by atoms with Gasteiger partial charge in [-0.15, -0.1) is 0 Å². The second-order valence-electron chi connectivity index (χ2n) is 1.58. The van der Waals surface area contributed by atoms with Crippen LogP contribution in [0.5, 0.6) is 0 Å². The van der Waals surface area contributed by atoms with Gasteiger partial charge in [-0.2, -0.15) is 0 Å². The molecule has 0 spiro atoms. The van der Waals surface area contributed by atoms with Crippen LogP contribution in [0.25, 0.3) is 0 Å². The van der Waals surface area contributed by atoms with Crippen LogP contribution in [0.1, 0.15) is 0 Å². The van der Waals surface area contributed by atoms with Crippen molar-refractivity contribution in [1.82, 2.24) is 15.1 Å². The van der Waals surface area contributed by atoms with Crippen LogP contribution in [-0.2, 0) is 0 Å². The molecule has 0 aromatic rings. The van der Waals surface area contributed by atoms with E-state index in [-0.39, 0.29) is 0 Å².